The van der Waals surface area contributed by atoms with Gasteiger partial charge in [0.05, 0.1) is 16.0 Å². The van der Waals surface area contributed by atoms with Crippen LogP contribution in [0.1, 0.15) is 11.7 Å². The Morgan fingerprint density at radius 3 is 2.41 bits per heavy atom. The molecule has 1 aromatic carbocycles. The number of nitrogens with one attached hydrogen (secondary N) is 1. The molecule has 1 heterocycles. The zero-order chi connectivity index (χ0) is 16.1. The van der Waals surface area contributed by atoms with Gasteiger partial charge in [0, 0.05) is 30.9 Å². The predicted molar refractivity (Wildman–Crippen MR) is 77.4 cm³/mol. The second kappa shape index (κ2) is 6.59. The van der Waals surface area contributed by atoms with E-state index in [1.807, 2.05) is 0 Å². The van der Waals surface area contributed by atoms with Crippen molar-refractivity contribution in [3.63, 3.8) is 0 Å². The molecule has 0 unspecified atom stereocenters. The molecule has 22 heavy (non-hydrogen) atoms. The Kier molecular flexibility index (Phi) is 4.59. The van der Waals surface area contributed by atoms with Crippen LogP contribution in [0, 0.1) is 20.2 Å². The fourth-order valence-electron chi connectivity index (χ4n) is 1.81. The fraction of sp³-hybridized carbons (Fsp3) is 0.154. The number of benzene rings is 1. The third-order valence-electron chi connectivity index (χ3n) is 2.93. The molecule has 0 aliphatic heterocycles. The number of aliphatic hydroxyl groups excluding tert-OH is 1. The minimum Gasteiger partial charge on any atom is -0.387 e. The van der Waals surface area contributed by atoms with Gasteiger partial charge in [0.1, 0.15) is 0 Å². The Morgan fingerprint density at radius 2 is 1.82 bits per heavy atom. The molecule has 9 nitrogen and oxygen atoms in total. The average Bonchev–Trinajstić information content (AvgIpc) is 2.52. The Morgan fingerprint density at radius 1 is 1.14 bits per heavy atom. The number of hydrogen-bond acceptors (Lipinski definition) is 7. The molecule has 1 aromatic heterocycles. The summed E-state index contributed by atoms with van der Waals surface area (Å²) < 4.78 is 0. The molecule has 0 fully saturated rings. The van der Waals surface area contributed by atoms with Crippen LogP contribution in [0.4, 0.5) is 17.2 Å². The van der Waals surface area contributed by atoms with E-state index in [0.29, 0.717) is 5.56 Å². The first-order chi connectivity index (χ1) is 10.5. The maximum Gasteiger partial charge on any atom is 0.311 e. The van der Waals surface area contributed by atoms with Crippen LogP contribution >= 0.6 is 0 Å². The molecule has 2 aromatic rings. The summed E-state index contributed by atoms with van der Waals surface area (Å²) in [7, 11) is 0. The van der Waals surface area contributed by atoms with Crippen LogP contribution in [0.15, 0.2) is 42.6 Å². The highest BCUT2D eigenvalue weighted by Gasteiger charge is 2.16. The summed E-state index contributed by atoms with van der Waals surface area (Å²) in [6.07, 6.45) is 0.413. The normalized spacial score (nSPS) is 11.7. The summed E-state index contributed by atoms with van der Waals surface area (Å²) >= 11 is 0. The number of anilines is 1. The number of nitrogens with zero attached hydrogens (tertiary/aromatic N) is 3. The van der Waals surface area contributed by atoms with E-state index in [-0.39, 0.29) is 23.7 Å². The van der Waals surface area contributed by atoms with Gasteiger partial charge in [-0.05, 0) is 23.8 Å². The lowest BCUT2D eigenvalue weighted by atomic mass is 10.1. The number of nitro groups is 2. The maximum absolute atomic E-state index is 10.8. The van der Waals surface area contributed by atoms with Crippen LogP contribution < -0.4 is 5.32 Å². The summed E-state index contributed by atoms with van der Waals surface area (Å²) in [6, 6.07) is 8.15. The van der Waals surface area contributed by atoms with Gasteiger partial charge >= 0.3 is 5.69 Å². The quantitative estimate of drug-likeness (QED) is 0.616. The summed E-state index contributed by atoms with van der Waals surface area (Å²) in [6.45, 7) is -0.0182. The van der Waals surface area contributed by atoms with Gasteiger partial charge in [-0.1, -0.05) is 0 Å². The number of pyridine rings is 1. The largest absolute Gasteiger partial charge is 0.387 e. The molecular weight excluding hydrogens is 292 g/mol. The third-order valence-corrected chi connectivity index (χ3v) is 2.93. The first-order valence-electron chi connectivity index (χ1n) is 6.24. The standard InChI is InChI=1S/C13H12N4O5/c18-12(9-3-5-10(6-4-9)16(19)20)8-15-13-11(17(21)22)2-1-7-14-13/h1-7,12,18H,8H2,(H,14,15)/t12-/m0/s1. The molecule has 0 saturated carbocycles. The van der Waals surface area contributed by atoms with E-state index in [1.54, 1.807) is 0 Å². The Hall–Kier alpha value is -3.07. The molecule has 0 aliphatic rings. The van der Waals surface area contributed by atoms with Gasteiger partial charge in [-0.2, -0.15) is 0 Å². The van der Waals surface area contributed by atoms with Crippen molar-refractivity contribution in [3.05, 3.63) is 68.4 Å². The van der Waals surface area contributed by atoms with Crippen molar-refractivity contribution in [1.29, 1.82) is 0 Å². The van der Waals surface area contributed by atoms with E-state index < -0.39 is 16.0 Å². The molecule has 0 bridgehead atoms. The zero-order valence-corrected chi connectivity index (χ0v) is 11.2. The Labute approximate surface area is 124 Å². The average molecular weight is 304 g/mol. The van der Waals surface area contributed by atoms with Gasteiger partial charge < -0.3 is 10.4 Å². The second-order valence-corrected chi connectivity index (χ2v) is 4.37. The van der Waals surface area contributed by atoms with Crippen LogP contribution in [0.5, 0.6) is 0 Å². The van der Waals surface area contributed by atoms with E-state index in [1.165, 1.54) is 42.6 Å². The van der Waals surface area contributed by atoms with Crippen molar-refractivity contribution < 1.29 is 15.0 Å². The van der Waals surface area contributed by atoms with Gasteiger partial charge in [-0.25, -0.2) is 4.98 Å². The molecule has 2 N–H and O–H groups in total. The molecule has 0 radical (unpaired) electrons. The van der Waals surface area contributed by atoms with Gasteiger partial charge in [-0.15, -0.1) is 0 Å². The SMILES string of the molecule is O=[N+]([O-])c1ccc([C@@H](O)CNc2ncccc2[N+](=O)[O-])cc1. The monoisotopic (exact) mass is 304 g/mol. The maximum atomic E-state index is 10.8. The number of non-ortho nitro benzene ring substituents is 1. The zero-order valence-electron chi connectivity index (χ0n) is 11.2. The third kappa shape index (κ3) is 3.52. The second-order valence-electron chi connectivity index (χ2n) is 4.37. The lowest BCUT2D eigenvalue weighted by Crippen LogP contribution is -2.14. The molecule has 0 amide bonds. The van der Waals surface area contributed by atoms with Crippen molar-refractivity contribution in [3.8, 4) is 0 Å². The van der Waals surface area contributed by atoms with Gasteiger partial charge in [0.25, 0.3) is 5.69 Å². The van der Waals surface area contributed by atoms with Crippen LogP contribution in [-0.4, -0.2) is 26.5 Å². The highest BCUT2D eigenvalue weighted by molar-refractivity contribution is 5.55. The summed E-state index contributed by atoms with van der Waals surface area (Å²) in [5.74, 6) is 0.0495. The van der Waals surface area contributed by atoms with Gasteiger partial charge in [-0.3, -0.25) is 20.2 Å². The number of aromatic nitrogens is 1. The lowest BCUT2D eigenvalue weighted by Gasteiger charge is -2.12. The summed E-state index contributed by atoms with van der Waals surface area (Å²) in [5, 5.41) is 34.1. The van der Waals surface area contributed by atoms with Gasteiger partial charge in [0.15, 0.2) is 0 Å². The molecule has 0 spiro atoms. The van der Waals surface area contributed by atoms with Crippen LogP contribution in [-0.2, 0) is 0 Å². The number of rotatable bonds is 6. The minimum atomic E-state index is -0.984. The van der Waals surface area contributed by atoms with Crippen molar-refractivity contribution >= 4 is 17.2 Å². The molecule has 1 atom stereocenters. The Balaban J connectivity index is 2.05. The molecule has 114 valence electrons. The van der Waals surface area contributed by atoms with Crippen molar-refractivity contribution in [2.45, 2.75) is 6.10 Å². The number of nitro benzene ring substituents is 1. The smallest absolute Gasteiger partial charge is 0.311 e. The number of aliphatic hydroxyl groups is 1. The number of hydrogen-bond donors (Lipinski definition) is 2. The summed E-state index contributed by atoms with van der Waals surface area (Å²) in [4.78, 5) is 24.1. The van der Waals surface area contributed by atoms with E-state index in [9.17, 15) is 25.3 Å². The van der Waals surface area contributed by atoms with E-state index in [0.717, 1.165) is 0 Å². The first kappa shape index (κ1) is 15.3. The topological polar surface area (TPSA) is 131 Å². The molecule has 9 heteroatoms. The van der Waals surface area contributed by atoms with E-state index in [2.05, 4.69) is 10.3 Å². The lowest BCUT2D eigenvalue weighted by molar-refractivity contribution is -0.384. The molecule has 0 aliphatic carbocycles. The van der Waals surface area contributed by atoms with Gasteiger partial charge in [0.2, 0.25) is 5.82 Å². The van der Waals surface area contributed by atoms with E-state index >= 15 is 0 Å². The molecule has 2 rings (SSSR count). The molecular formula is C13H12N4O5. The van der Waals surface area contributed by atoms with Crippen molar-refractivity contribution in [2.75, 3.05) is 11.9 Å². The minimum absolute atomic E-state index is 0.0182. The highest BCUT2D eigenvalue weighted by atomic mass is 16.6. The van der Waals surface area contributed by atoms with Crippen LogP contribution in [0.2, 0.25) is 0 Å². The molecule has 0 saturated heterocycles. The van der Waals surface area contributed by atoms with Crippen LogP contribution in [0.3, 0.4) is 0 Å². The Bertz CT molecular complexity index is 689. The van der Waals surface area contributed by atoms with Crippen LogP contribution in [0.25, 0.3) is 0 Å². The first-order valence-corrected chi connectivity index (χ1v) is 6.24. The van der Waals surface area contributed by atoms with Crippen molar-refractivity contribution in [1.82, 2.24) is 4.98 Å². The van der Waals surface area contributed by atoms with E-state index in [4.69, 9.17) is 0 Å². The predicted octanol–water partition coefficient (Wildman–Crippen LogP) is 2.04. The summed E-state index contributed by atoms with van der Waals surface area (Å²) in [5.41, 5.74) is 0.180. The van der Waals surface area contributed by atoms with Crippen molar-refractivity contribution in [2.24, 2.45) is 0 Å². The fourth-order valence-corrected chi connectivity index (χ4v) is 1.81. The highest BCUT2D eigenvalue weighted by Crippen LogP contribution is 2.22.